The molecule has 268 valence electrons. The molecule has 13 heteroatoms. The Hall–Kier alpha value is -2.24. The third-order valence-corrected chi connectivity index (χ3v) is 7.32. The predicted molar refractivity (Wildman–Crippen MR) is 170 cm³/mol. The van der Waals surface area contributed by atoms with E-state index in [9.17, 15) is 39.0 Å². The van der Waals surface area contributed by atoms with E-state index in [0.29, 0.717) is 12.8 Å². The predicted octanol–water partition coefficient (Wildman–Crippen LogP) is 3.67. The Morgan fingerprint density at radius 1 is 0.468 bits per heavy atom. The van der Waals surface area contributed by atoms with E-state index in [4.69, 9.17) is 11.5 Å². The largest absolute Gasteiger partial charge is 2.00 e. The molecule has 0 rings (SSSR count). The number of hydrogen-bond acceptors (Lipinski definition) is 12. The van der Waals surface area contributed by atoms with Gasteiger partial charge >= 0.3 is 43.4 Å². The molecule has 0 spiro atoms. The monoisotopic (exact) mass is 720 g/mol. The number of carbonyl (C=O) groups is 6. The topological polar surface area (TPSA) is 219 Å². The van der Waals surface area contributed by atoms with Gasteiger partial charge in [0.1, 0.15) is 12.1 Å². The van der Waals surface area contributed by atoms with Crippen LogP contribution in [0.3, 0.4) is 0 Å². The van der Waals surface area contributed by atoms with E-state index in [0.717, 1.165) is 25.7 Å². The molecule has 0 aliphatic carbocycles. The van der Waals surface area contributed by atoms with Crippen molar-refractivity contribution < 1.29 is 67.9 Å². The van der Waals surface area contributed by atoms with Crippen molar-refractivity contribution in [3.63, 3.8) is 0 Å². The molecule has 0 unspecified atom stereocenters. The van der Waals surface area contributed by atoms with Crippen molar-refractivity contribution in [3.05, 3.63) is 0 Å². The van der Waals surface area contributed by atoms with E-state index in [1.54, 1.807) is 0 Å². The minimum Gasteiger partial charge on any atom is -0.550 e. The molecule has 0 radical (unpaired) electrons. The summed E-state index contributed by atoms with van der Waals surface area (Å²) in [6.07, 6.45) is 20.0. The van der Waals surface area contributed by atoms with E-state index in [2.05, 4.69) is 23.3 Å². The summed E-state index contributed by atoms with van der Waals surface area (Å²) in [4.78, 5) is 66.4. The minimum absolute atomic E-state index is 0. The van der Waals surface area contributed by atoms with Crippen LogP contribution in [-0.4, -0.2) is 47.9 Å². The quantitative estimate of drug-likeness (QED) is 0.0512. The maximum atomic E-state index is 11.5. The van der Waals surface area contributed by atoms with Crippen LogP contribution in [0.2, 0.25) is 0 Å². The maximum absolute atomic E-state index is 11.5. The van der Waals surface area contributed by atoms with Crippen LogP contribution in [0.15, 0.2) is 0 Å². The molecule has 0 aliphatic rings. The number of carbonyl (C=O) groups excluding carboxylic acids is 6. The van der Waals surface area contributed by atoms with Crippen LogP contribution >= 0.6 is 0 Å². The van der Waals surface area contributed by atoms with E-state index >= 15 is 0 Å². The standard InChI is InChI=1S/2C17H31NO5.Zn/c2*1-2-3-4-5-6-7-8-9-10-11-16(21)23-17(22)14(18)12-13-15(19)20;/h2*14H,2-13,18H2,1H3,(H,19,20);/q;;+2/p-2/t2*14-;/m00./s1. The zero-order chi connectivity index (χ0) is 35.0. The van der Waals surface area contributed by atoms with Gasteiger partial charge in [0.05, 0.1) is 0 Å². The normalized spacial score (nSPS) is 11.7. The number of hydrogen-bond donors (Lipinski definition) is 2. The molecule has 0 aromatic rings. The molecule has 2 atom stereocenters. The average Bonchev–Trinajstić information content (AvgIpc) is 3.00. The third-order valence-electron chi connectivity index (χ3n) is 7.32. The number of nitrogens with two attached hydrogens (primary N) is 2. The fourth-order valence-corrected chi connectivity index (χ4v) is 4.42. The SMILES string of the molecule is CCCCCCCCCCCC(=O)OC(=O)[C@@H](N)CCC(=O)[O-].CCCCCCCCCCCC(=O)OC(=O)[C@@H](N)CCC(=O)[O-].[Zn+2]. The van der Waals surface area contributed by atoms with Crippen LogP contribution in [-0.2, 0) is 57.7 Å². The summed E-state index contributed by atoms with van der Waals surface area (Å²) in [6, 6.07) is -2.19. The summed E-state index contributed by atoms with van der Waals surface area (Å²) < 4.78 is 9.20. The summed E-state index contributed by atoms with van der Waals surface area (Å²) in [5.41, 5.74) is 10.9. The van der Waals surface area contributed by atoms with Gasteiger partial charge in [-0.1, -0.05) is 117 Å². The number of carboxylic acids is 2. The van der Waals surface area contributed by atoms with Gasteiger partial charge in [0, 0.05) is 24.8 Å². The van der Waals surface area contributed by atoms with Crippen LogP contribution < -0.4 is 21.7 Å². The van der Waals surface area contributed by atoms with E-state index in [1.807, 2.05) is 0 Å². The zero-order valence-corrected chi connectivity index (χ0v) is 32.0. The Kier molecular flexibility index (Phi) is 36.7. The van der Waals surface area contributed by atoms with Gasteiger partial charge < -0.3 is 40.7 Å². The molecule has 0 aliphatic heterocycles. The molecule has 0 heterocycles. The zero-order valence-electron chi connectivity index (χ0n) is 29.1. The molecule has 0 saturated heterocycles. The van der Waals surface area contributed by atoms with Crippen LogP contribution in [0.5, 0.6) is 0 Å². The molecular weight excluding hydrogens is 662 g/mol. The first kappa shape index (κ1) is 49.2. The van der Waals surface area contributed by atoms with Gasteiger partial charge in [-0.25, -0.2) is 9.59 Å². The Morgan fingerprint density at radius 2 is 0.723 bits per heavy atom. The van der Waals surface area contributed by atoms with Gasteiger partial charge in [-0.15, -0.1) is 0 Å². The summed E-state index contributed by atoms with van der Waals surface area (Å²) in [5.74, 6) is -5.49. The van der Waals surface area contributed by atoms with E-state index in [1.165, 1.54) is 77.0 Å². The van der Waals surface area contributed by atoms with E-state index < -0.39 is 47.9 Å². The van der Waals surface area contributed by atoms with Crippen molar-refractivity contribution in [2.24, 2.45) is 11.5 Å². The molecule has 0 saturated carbocycles. The van der Waals surface area contributed by atoms with Gasteiger partial charge in [0.25, 0.3) is 0 Å². The fraction of sp³-hybridized carbons (Fsp3) is 0.824. The first-order chi connectivity index (χ1) is 21.9. The maximum Gasteiger partial charge on any atom is 2.00 e. The number of ether oxygens (including phenoxy) is 2. The molecule has 0 bridgehead atoms. The van der Waals surface area contributed by atoms with Crippen LogP contribution in [0.25, 0.3) is 0 Å². The Balaban J connectivity index is -0.000000807. The Labute approximate surface area is 294 Å². The van der Waals surface area contributed by atoms with Gasteiger partial charge in [0.15, 0.2) is 0 Å². The fourth-order valence-electron chi connectivity index (χ4n) is 4.42. The first-order valence-corrected chi connectivity index (χ1v) is 17.3. The molecule has 0 aromatic carbocycles. The summed E-state index contributed by atoms with van der Waals surface area (Å²) in [7, 11) is 0. The summed E-state index contributed by atoms with van der Waals surface area (Å²) in [6.45, 7) is 4.39. The molecule has 12 nitrogen and oxygen atoms in total. The van der Waals surface area contributed by atoms with Gasteiger partial charge in [0.2, 0.25) is 0 Å². The Bertz CT molecular complexity index is 789. The number of carboxylic acid groups (broad SMARTS) is 2. The van der Waals surface area contributed by atoms with Crippen molar-refractivity contribution in [1.82, 2.24) is 0 Å². The Morgan fingerprint density at radius 3 is 0.979 bits per heavy atom. The van der Waals surface area contributed by atoms with Crippen LogP contribution in [0.1, 0.15) is 168 Å². The second-order valence-electron chi connectivity index (χ2n) is 11.8. The first-order valence-electron chi connectivity index (χ1n) is 17.3. The van der Waals surface area contributed by atoms with Crippen molar-refractivity contribution >= 4 is 35.8 Å². The average molecular weight is 722 g/mol. The van der Waals surface area contributed by atoms with E-state index in [-0.39, 0.29) is 58.0 Å². The number of aliphatic carboxylic acids is 2. The third kappa shape index (κ3) is 36.4. The molecule has 0 fully saturated rings. The smallest absolute Gasteiger partial charge is 0.550 e. The summed E-state index contributed by atoms with van der Waals surface area (Å²) in [5, 5.41) is 20.5. The molecule has 47 heavy (non-hydrogen) atoms. The molecular formula is C34H60N2O10Zn. The minimum atomic E-state index is -1.28. The molecule has 0 aromatic heterocycles. The number of rotatable bonds is 28. The second kappa shape index (κ2) is 35.1. The molecule has 0 amide bonds. The van der Waals surface area contributed by atoms with Crippen LogP contribution in [0, 0.1) is 0 Å². The van der Waals surface area contributed by atoms with Crippen molar-refractivity contribution in [3.8, 4) is 0 Å². The van der Waals surface area contributed by atoms with Crippen molar-refractivity contribution in [2.45, 2.75) is 180 Å². The van der Waals surface area contributed by atoms with Gasteiger partial charge in [-0.05, 0) is 38.5 Å². The van der Waals surface area contributed by atoms with Crippen molar-refractivity contribution in [1.29, 1.82) is 0 Å². The molecule has 4 N–H and O–H groups in total. The summed E-state index contributed by atoms with van der Waals surface area (Å²) >= 11 is 0. The van der Waals surface area contributed by atoms with Crippen molar-refractivity contribution in [2.75, 3.05) is 0 Å². The number of esters is 4. The number of unbranched alkanes of at least 4 members (excludes halogenated alkanes) is 16. The van der Waals surface area contributed by atoms with Crippen LogP contribution in [0.4, 0.5) is 0 Å². The van der Waals surface area contributed by atoms with Gasteiger partial charge in [-0.2, -0.15) is 0 Å². The van der Waals surface area contributed by atoms with Gasteiger partial charge in [-0.3, -0.25) is 9.59 Å². The second-order valence-corrected chi connectivity index (χ2v) is 11.8.